The molecule has 0 aromatic carbocycles. The topological polar surface area (TPSA) is 41.5 Å². The number of aliphatic hydroxyl groups excluding tert-OH is 1. The van der Waals surface area contributed by atoms with Crippen molar-refractivity contribution in [2.75, 3.05) is 20.3 Å². The summed E-state index contributed by atoms with van der Waals surface area (Å²) in [5.74, 6) is 0. The number of ether oxygens (including phenoxy) is 1. The molecule has 0 saturated carbocycles. The molecule has 0 fully saturated rings. The predicted molar refractivity (Wildman–Crippen MR) is 45.6 cm³/mol. The van der Waals surface area contributed by atoms with Crippen LogP contribution >= 0.6 is 0 Å². The van der Waals surface area contributed by atoms with E-state index in [0.29, 0.717) is 0 Å². The minimum atomic E-state index is -0.149. The molecular weight excluding hydrogens is 142 g/mol. The monoisotopic (exact) mass is 161 g/mol. The molecule has 0 aromatic heterocycles. The summed E-state index contributed by atoms with van der Waals surface area (Å²) in [6.07, 6.45) is 0. The Kier molecular flexibility index (Phi) is 4.65. The van der Waals surface area contributed by atoms with Crippen molar-refractivity contribution in [3.63, 3.8) is 0 Å². The fourth-order valence-electron chi connectivity index (χ4n) is 0.557. The minimum absolute atomic E-state index is 0.143. The normalized spacial score (nSPS) is 15.0. The molecule has 0 rings (SSSR count). The molecule has 0 aromatic rings. The van der Waals surface area contributed by atoms with Gasteiger partial charge in [-0.05, 0) is 20.8 Å². The Labute approximate surface area is 68.8 Å². The lowest BCUT2D eigenvalue weighted by atomic mass is 10.1. The van der Waals surface area contributed by atoms with Gasteiger partial charge < -0.3 is 15.2 Å². The van der Waals surface area contributed by atoms with Gasteiger partial charge in [0.15, 0.2) is 0 Å². The summed E-state index contributed by atoms with van der Waals surface area (Å²) < 4.78 is 5.19. The highest BCUT2D eigenvalue weighted by molar-refractivity contribution is 4.73. The van der Waals surface area contributed by atoms with Crippen LogP contribution in [0.15, 0.2) is 0 Å². The Morgan fingerprint density at radius 1 is 1.55 bits per heavy atom. The second kappa shape index (κ2) is 4.70. The molecule has 0 radical (unpaired) electrons. The average Bonchev–Trinajstić information content (AvgIpc) is 2.00. The summed E-state index contributed by atoms with van der Waals surface area (Å²) in [4.78, 5) is 0. The van der Waals surface area contributed by atoms with Crippen molar-refractivity contribution in [1.82, 2.24) is 5.32 Å². The number of hydrogen-bond donors (Lipinski definition) is 2. The van der Waals surface area contributed by atoms with Crippen molar-refractivity contribution in [3.05, 3.63) is 0 Å². The molecule has 0 aliphatic carbocycles. The first-order valence-corrected chi connectivity index (χ1v) is 3.91. The molecule has 3 nitrogen and oxygen atoms in total. The smallest absolute Gasteiger partial charge is 0.0746 e. The van der Waals surface area contributed by atoms with E-state index in [1.54, 1.807) is 7.11 Å². The molecule has 1 unspecified atom stereocenters. The van der Waals surface area contributed by atoms with Gasteiger partial charge in [0.1, 0.15) is 0 Å². The molecule has 0 aliphatic heterocycles. The largest absolute Gasteiger partial charge is 0.395 e. The van der Waals surface area contributed by atoms with Gasteiger partial charge in [0, 0.05) is 19.7 Å². The van der Waals surface area contributed by atoms with Gasteiger partial charge in [-0.1, -0.05) is 0 Å². The highest BCUT2D eigenvalue weighted by Crippen LogP contribution is 2.04. The molecule has 11 heavy (non-hydrogen) atoms. The van der Waals surface area contributed by atoms with Gasteiger partial charge in [0.2, 0.25) is 0 Å². The summed E-state index contributed by atoms with van der Waals surface area (Å²) in [6, 6.07) is 0.143. The van der Waals surface area contributed by atoms with E-state index in [9.17, 15) is 0 Å². The molecule has 68 valence electrons. The maximum absolute atomic E-state index is 8.70. The molecule has 0 saturated heterocycles. The SMILES string of the molecule is COC(C)(C)CNC(C)CO. The van der Waals surface area contributed by atoms with E-state index in [4.69, 9.17) is 9.84 Å². The third-order valence-electron chi connectivity index (χ3n) is 1.70. The third kappa shape index (κ3) is 5.18. The van der Waals surface area contributed by atoms with E-state index in [0.717, 1.165) is 6.54 Å². The zero-order valence-corrected chi connectivity index (χ0v) is 7.85. The molecular formula is C8H19NO2. The number of nitrogens with one attached hydrogen (secondary N) is 1. The molecule has 0 amide bonds. The van der Waals surface area contributed by atoms with Crippen LogP contribution in [0.5, 0.6) is 0 Å². The summed E-state index contributed by atoms with van der Waals surface area (Å²) in [6.45, 7) is 6.87. The van der Waals surface area contributed by atoms with Crippen molar-refractivity contribution >= 4 is 0 Å². The van der Waals surface area contributed by atoms with E-state index >= 15 is 0 Å². The first kappa shape index (κ1) is 10.9. The van der Waals surface area contributed by atoms with Gasteiger partial charge in [0.05, 0.1) is 12.2 Å². The fourth-order valence-corrected chi connectivity index (χ4v) is 0.557. The van der Waals surface area contributed by atoms with Gasteiger partial charge in [0.25, 0.3) is 0 Å². The first-order valence-electron chi connectivity index (χ1n) is 3.91. The number of rotatable bonds is 5. The van der Waals surface area contributed by atoms with E-state index in [1.165, 1.54) is 0 Å². The highest BCUT2D eigenvalue weighted by Gasteiger charge is 2.16. The van der Waals surface area contributed by atoms with Crippen LogP contribution in [0.3, 0.4) is 0 Å². The first-order chi connectivity index (χ1) is 5.02. The predicted octanol–water partition coefficient (Wildman–Crippen LogP) is 0.382. The lowest BCUT2D eigenvalue weighted by Crippen LogP contribution is -2.42. The van der Waals surface area contributed by atoms with Gasteiger partial charge in [-0.25, -0.2) is 0 Å². The van der Waals surface area contributed by atoms with Crippen LogP contribution in [0.4, 0.5) is 0 Å². The Morgan fingerprint density at radius 2 is 2.09 bits per heavy atom. The second-order valence-corrected chi connectivity index (χ2v) is 3.43. The van der Waals surface area contributed by atoms with Crippen LogP contribution in [0.2, 0.25) is 0 Å². The molecule has 2 N–H and O–H groups in total. The summed E-state index contributed by atoms with van der Waals surface area (Å²) in [5.41, 5.74) is -0.149. The van der Waals surface area contributed by atoms with Crippen molar-refractivity contribution in [2.45, 2.75) is 32.4 Å². The Morgan fingerprint density at radius 3 is 2.45 bits per heavy atom. The van der Waals surface area contributed by atoms with Gasteiger partial charge in [-0.15, -0.1) is 0 Å². The van der Waals surface area contributed by atoms with Gasteiger partial charge >= 0.3 is 0 Å². The molecule has 0 spiro atoms. The van der Waals surface area contributed by atoms with Crippen LogP contribution in [-0.4, -0.2) is 37.0 Å². The second-order valence-electron chi connectivity index (χ2n) is 3.43. The lowest BCUT2D eigenvalue weighted by molar-refractivity contribution is 0.0200. The van der Waals surface area contributed by atoms with Crippen LogP contribution in [-0.2, 0) is 4.74 Å². The third-order valence-corrected chi connectivity index (χ3v) is 1.70. The lowest BCUT2D eigenvalue weighted by Gasteiger charge is -2.25. The van der Waals surface area contributed by atoms with Crippen molar-refractivity contribution < 1.29 is 9.84 Å². The Bertz CT molecular complexity index is 104. The Hall–Kier alpha value is -0.120. The number of hydrogen-bond acceptors (Lipinski definition) is 3. The van der Waals surface area contributed by atoms with Crippen LogP contribution < -0.4 is 5.32 Å². The van der Waals surface area contributed by atoms with Crippen LogP contribution in [0, 0.1) is 0 Å². The zero-order chi connectivity index (χ0) is 8.91. The molecule has 0 bridgehead atoms. The standard InChI is InChI=1S/C8H19NO2/c1-7(5-10)9-6-8(2,3)11-4/h7,9-10H,5-6H2,1-4H3. The number of aliphatic hydroxyl groups is 1. The highest BCUT2D eigenvalue weighted by atomic mass is 16.5. The average molecular weight is 161 g/mol. The zero-order valence-electron chi connectivity index (χ0n) is 7.85. The van der Waals surface area contributed by atoms with Crippen LogP contribution in [0.25, 0.3) is 0 Å². The van der Waals surface area contributed by atoms with E-state index in [1.807, 2.05) is 20.8 Å². The maximum atomic E-state index is 8.70. The maximum Gasteiger partial charge on any atom is 0.0746 e. The molecule has 0 aliphatic rings. The Balaban J connectivity index is 3.52. The number of methoxy groups -OCH3 is 1. The molecule has 3 heteroatoms. The molecule has 0 heterocycles. The minimum Gasteiger partial charge on any atom is -0.395 e. The molecule has 1 atom stereocenters. The van der Waals surface area contributed by atoms with E-state index < -0.39 is 0 Å². The quantitative estimate of drug-likeness (QED) is 0.612. The van der Waals surface area contributed by atoms with Crippen molar-refractivity contribution in [1.29, 1.82) is 0 Å². The van der Waals surface area contributed by atoms with Crippen molar-refractivity contribution in [2.24, 2.45) is 0 Å². The van der Waals surface area contributed by atoms with E-state index in [-0.39, 0.29) is 18.2 Å². The van der Waals surface area contributed by atoms with Gasteiger partial charge in [-0.2, -0.15) is 0 Å². The summed E-state index contributed by atoms with van der Waals surface area (Å²) in [5, 5.41) is 11.8. The van der Waals surface area contributed by atoms with E-state index in [2.05, 4.69) is 5.32 Å². The van der Waals surface area contributed by atoms with Crippen molar-refractivity contribution in [3.8, 4) is 0 Å². The fraction of sp³-hybridized carbons (Fsp3) is 1.00. The van der Waals surface area contributed by atoms with Crippen LogP contribution in [0.1, 0.15) is 20.8 Å². The summed E-state index contributed by atoms with van der Waals surface area (Å²) >= 11 is 0. The summed E-state index contributed by atoms with van der Waals surface area (Å²) in [7, 11) is 1.69. The van der Waals surface area contributed by atoms with Gasteiger partial charge in [-0.3, -0.25) is 0 Å².